The zero-order valence-corrected chi connectivity index (χ0v) is 13.8. The van der Waals surface area contributed by atoms with Crippen LogP contribution in [0.15, 0.2) is 22.9 Å². The van der Waals surface area contributed by atoms with Gasteiger partial charge in [0.1, 0.15) is 0 Å². The predicted octanol–water partition coefficient (Wildman–Crippen LogP) is 3.81. The second kappa shape index (κ2) is 6.59. The molecule has 0 aromatic carbocycles. The maximum atomic E-state index is 4.53. The number of rotatable bonds is 5. The molecule has 19 heavy (non-hydrogen) atoms. The van der Waals surface area contributed by atoms with Gasteiger partial charge in [0, 0.05) is 27.8 Å². The van der Waals surface area contributed by atoms with Gasteiger partial charge in [0.15, 0.2) is 0 Å². The van der Waals surface area contributed by atoms with E-state index in [2.05, 4.69) is 58.1 Å². The minimum Gasteiger partial charge on any atom is -0.309 e. The molecule has 5 heteroatoms. The van der Waals surface area contributed by atoms with Crippen LogP contribution in [0.2, 0.25) is 0 Å². The van der Waals surface area contributed by atoms with E-state index < -0.39 is 0 Å². The molecule has 1 unspecified atom stereocenters. The Morgan fingerprint density at radius 1 is 1.37 bits per heavy atom. The highest BCUT2D eigenvalue weighted by atomic mass is 79.9. The molecule has 0 bridgehead atoms. The summed E-state index contributed by atoms with van der Waals surface area (Å²) < 4.78 is 1.03. The molecule has 102 valence electrons. The van der Waals surface area contributed by atoms with E-state index in [-0.39, 0.29) is 0 Å². The Balaban J connectivity index is 2.23. The van der Waals surface area contributed by atoms with E-state index in [1.807, 2.05) is 12.4 Å². The number of aromatic nitrogens is 2. The minimum atomic E-state index is 0.312. The Kier molecular flexibility index (Phi) is 5.07. The summed E-state index contributed by atoms with van der Waals surface area (Å²) >= 11 is 5.25. The molecule has 2 aromatic rings. The number of pyridine rings is 1. The topological polar surface area (TPSA) is 37.8 Å². The Morgan fingerprint density at radius 3 is 2.74 bits per heavy atom. The summed E-state index contributed by atoms with van der Waals surface area (Å²) in [5.41, 5.74) is 2.36. The zero-order chi connectivity index (χ0) is 13.8. The first kappa shape index (κ1) is 14.6. The van der Waals surface area contributed by atoms with Crippen molar-refractivity contribution in [1.29, 1.82) is 0 Å². The van der Waals surface area contributed by atoms with Crippen molar-refractivity contribution in [3.05, 3.63) is 44.1 Å². The molecule has 2 aromatic heterocycles. The summed E-state index contributed by atoms with van der Waals surface area (Å²) in [6, 6.07) is 2.44. The largest absolute Gasteiger partial charge is 0.309 e. The van der Waals surface area contributed by atoms with Crippen molar-refractivity contribution in [3.8, 4) is 0 Å². The molecule has 0 saturated carbocycles. The second-order valence-corrected chi connectivity index (χ2v) is 6.66. The third-order valence-corrected chi connectivity index (χ3v) is 4.53. The van der Waals surface area contributed by atoms with Gasteiger partial charge in [-0.3, -0.25) is 4.98 Å². The van der Waals surface area contributed by atoms with E-state index in [0.29, 0.717) is 6.04 Å². The first-order valence-electron chi connectivity index (χ1n) is 6.37. The predicted molar refractivity (Wildman–Crippen MR) is 83.6 cm³/mol. The van der Waals surface area contributed by atoms with Crippen LogP contribution < -0.4 is 5.32 Å². The van der Waals surface area contributed by atoms with Crippen molar-refractivity contribution >= 4 is 27.3 Å². The molecular weight excluding hydrogens is 322 g/mol. The molecule has 0 aliphatic rings. The monoisotopic (exact) mass is 339 g/mol. The van der Waals surface area contributed by atoms with Crippen molar-refractivity contribution in [2.75, 3.05) is 6.54 Å². The van der Waals surface area contributed by atoms with Crippen molar-refractivity contribution in [2.24, 2.45) is 0 Å². The van der Waals surface area contributed by atoms with Crippen molar-refractivity contribution in [2.45, 2.75) is 33.2 Å². The number of nitrogens with zero attached hydrogens (tertiary/aromatic N) is 2. The van der Waals surface area contributed by atoms with Crippen LogP contribution in [-0.4, -0.2) is 16.5 Å². The van der Waals surface area contributed by atoms with E-state index >= 15 is 0 Å². The van der Waals surface area contributed by atoms with Gasteiger partial charge < -0.3 is 5.32 Å². The molecule has 0 radical (unpaired) electrons. The van der Waals surface area contributed by atoms with E-state index in [0.717, 1.165) is 28.1 Å². The quantitative estimate of drug-likeness (QED) is 0.899. The summed E-state index contributed by atoms with van der Waals surface area (Å²) in [5, 5.41) is 4.68. The first-order valence-corrected chi connectivity index (χ1v) is 7.97. The Labute approximate surface area is 126 Å². The summed E-state index contributed by atoms with van der Waals surface area (Å²) in [6.45, 7) is 7.23. The zero-order valence-electron chi connectivity index (χ0n) is 11.4. The lowest BCUT2D eigenvalue weighted by Gasteiger charge is -2.17. The number of likely N-dealkylation sites (N-methyl/N-ethyl adjacent to an activating group) is 1. The van der Waals surface area contributed by atoms with Gasteiger partial charge in [-0.15, -0.1) is 11.3 Å². The van der Waals surface area contributed by atoms with E-state index in [1.54, 1.807) is 11.3 Å². The average molecular weight is 340 g/mol. The van der Waals surface area contributed by atoms with Crippen LogP contribution in [-0.2, 0) is 6.42 Å². The van der Waals surface area contributed by atoms with Crippen LogP contribution in [0.1, 0.15) is 34.1 Å². The Hall–Kier alpha value is -0.780. The molecule has 0 spiro atoms. The first-order chi connectivity index (χ1) is 9.10. The number of nitrogens with one attached hydrogen (secondary N) is 1. The molecule has 3 nitrogen and oxygen atoms in total. The number of aryl methyl sites for hydroxylation is 2. The molecule has 2 heterocycles. The lowest BCUT2D eigenvalue weighted by Crippen LogP contribution is -2.22. The molecule has 0 fully saturated rings. The third kappa shape index (κ3) is 3.84. The summed E-state index contributed by atoms with van der Waals surface area (Å²) in [6.07, 6.45) is 4.68. The standard InChI is InChI=1S/C14H18BrN3S/c1-4-17-13(14-9(2)18-10(3)19-14)6-11-5-12(15)8-16-7-11/h5,7-8,13,17H,4,6H2,1-3H3. The van der Waals surface area contributed by atoms with Gasteiger partial charge in [-0.2, -0.15) is 0 Å². The average Bonchev–Trinajstić information content (AvgIpc) is 2.68. The SMILES string of the molecule is CCNC(Cc1cncc(Br)c1)c1sc(C)nc1C. The fourth-order valence-corrected chi connectivity index (χ4v) is 3.59. The number of hydrogen-bond donors (Lipinski definition) is 1. The summed E-state index contributed by atoms with van der Waals surface area (Å²) in [4.78, 5) is 10.1. The van der Waals surface area contributed by atoms with Crippen LogP contribution >= 0.6 is 27.3 Å². The highest BCUT2D eigenvalue weighted by Gasteiger charge is 2.17. The van der Waals surface area contributed by atoms with Crippen LogP contribution in [0.3, 0.4) is 0 Å². The maximum Gasteiger partial charge on any atom is 0.0900 e. The molecule has 0 amide bonds. The van der Waals surface area contributed by atoms with Crippen molar-refractivity contribution in [1.82, 2.24) is 15.3 Å². The van der Waals surface area contributed by atoms with Gasteiger partial charge in [0.25, 0.3) is 0 Å². The second-order valence-electron chi connectivity index (χ2n) is 4.51. The minimum absolute atomic E-state index is 0.312. The van der Waals surface area contributed by atoms with Gasteiger partial charge in [-0.05, 0) is 54.4 Å². The smallest absolute Gasteiger partial charge is 0.0900 e. The number of hydrogen-bond acceptors (Lipinski definition) is 4. The number of halogens is 1. The van der Waals surface area contributed by atoms with Gasteiger partial charge in [0.2, 0.25) is 0 Å². The lowest BCUT2D eigenvalue weighted by molar-refractivity contribution is 0.554. The van der Waals surface area contributed by atoms with Crippen molar-refractivity contribution < 1.29 is 0 Å². The lowest BCUT2D eigenvalue weighted by atomic mass is 10.1. The van der Waals surface area contributed by atoms with Gasteiger partial charge in [0.05, 0.1) is 10.7 Å². The number of thiazole rings is 1. The summed E-state index contributed by atoms with van der Waals surface area (Å²) in [5.74, 6) is 0. The molecule has 0 aliphatic carbocycles. The van der Waals surface area contributed by atoms with Crippen molar-refractivity contribution in [3.63, 3.8) is 0 Å². The Bertz CT molecular complexity index is 553. The molecule has 2 rings (SSSR count). The Morgan fingerprint density at radius 2 is 2.16 bits per heavy atom. The van der Waals surface area contributed by atoms with Crippen LogP contribution in [0.5, 0.6) is 0 Å². The summed E-state index contributed by atoms with van der Waals surface area (Å²) in [7, 11) is 0. The molecule has 1 N–H and O–H groups in total. The van der Waals surface area contributed by atoms with Crippen LogP contribution in [0, 0.1) is 13.8 Å². The maximum absolute atomic E-state index is 4.53. The normalized spacial score (nSPS) is 12.6. The highest BCUT2D eigenvalue weighted by molar-refractivity contribution is 9.10. The van der Waals surface area contributed by atoms with Gasteiger partial charge in [-0.25, -0.2) is 4.98 Å². The third-order valence-electron chi connectivity index (χ3n) is 2.91. The van der Waals surface area contributed by atoms with E-state index in [4.69, 9.17) is 0 Å². The van der Waals surface area contributed by atoms with E-state index in [1.165, 1.54) is 10.4 Å². The molecule has 0 saturated heterocycles. The molecule has 1 atom stereocenters. The molecular formula is C14H18BrN3S. The van der Waals surface area contributed by atoms with E-state index in [9.17, 15) is 0 Å². The fourth-order valence-electron chi connectivity index (χ4n) is 2.18. The van der Waals surface area contributed by atoms with Gasteiger partial charge >= 0.3 is 0 Å². The fraction of sp³-hybridized carbons (Fsp3) is 0.429. The molecule has 0 aliphatic heterocycles. The highest BCUT2D eigenvalue weighted by Crippen LogP contribution is 2.27. The van der Waals surface area contributed by atoms with Gasteiger partial charge in [-0.1, -0.05) is 6.92 Å². The van der Waals surface area contributed by atoms with Crippen LogP contribution in [0.4, 0.5) is 0 Å². The van der Waals surface area contributed by atoms with Crippen LogP contribution in [0.25, 0.3) is 0 Å².